The predicted octanol–water partition coefficient (Wildman–Crippen LogP) is 2.07. The summed E-state index contributed by atoms with van der Waals surface area (Å²) in [5.74, 6) is 0. The SMILES string of the molecule is CN(Cc1ccccc1)c1c(Cl)cnn(C)c1=O. The third-order valence-electron chi connectivity index (χ3n) is 2.71. The lowest BCUT2D eigenvalue weighted by atomic mass is 10.2. The highest BCUT2D eigenvalue weighted by atomic mass is 35.5. The van der Waals surface area contributed by atoms with Crippen LogP contribution in [0.3, 0.4) is 0 Å². The Morgan fingerprint density at radius 2 is 2.00 bits per heavy atom. The van der Waals surface area contributed by atoms with Crippen molar-refractivity contribution in [3.05, 3.63) is 57.5 Å². The monoisotopic (exact) mass is 263 g/mol. The fourth-order valence-electron chi connectivity index (χ4n) is 1.79. The molecule has 0 aliphatic carbocycles. The molecular weight excluding hydrogens is 250 g/mol. The van der Waals surface area contributed by atoms with Crippen molar-refractivity contribution in [3.63, 3.8) is 0 Å². The van der Waals surface area contributed by atoms with Crippen LogP contribution in [0.25, 0.3) is 0 Å². The predicted molar refractivity (Wildman–Crippen MR) is 73.0 cm³/mol. The molecule has 0 aliphatic rings. The van der Waals surface area contributed by atoms with Crippen LogP contribution in [0.1, 0.15) is 5.56 Å². The van der Waals surface area contributed by atoms with Crippen LogP contribution in [-0.2, 0) is 13.6 Å². The summed E-state index contributed by atoms with van der Waals surface area (Å²) in [7, 11) is 3.45. The van der Waals surface area contributed by atoms with Crippen LogP contribution in [0.5, 0.6) is 0 Å². The molecule has 5 heteroatoms. The average molecular weight is 264 g/mol. The van der Waals surface area contributed by atoms with Gasteiger partial charge in [0.2, 0.25) is 0 Å². The van der Waals surface area contributed by atoms with Crippen molar-refractivity contribution in [3.8, 4) is 0 Å². The van der Waals surface area contributed by atoms with Crippen molar-refractivity contribution in [2.75, 3.05) is 11.9 Å². The smallest absolute Gasteiger partial charge is 0.291 e. The average Bonchev–Trinajstić information content (AvgIpc) is 2.36. The minimum Gasteiger partial charge on any atom is -0.364 e. The number of halogens is 1. The number of benzene rings is 1. The lowest BCUT2D eigenvalue weighted by molar-refractivity contribution is 0.700. The van der Waals surface area contributed by atoms with E-state index in [0.717, 1.165) is 5.56 Å². The molecule has 0 atom stereocenters. The molecule has 2 rings (SSSR count). The normalized spacial score (nSPS) is 10.4. The van der Waals surface area contributed by atoms with Crippen LogP contribution in [0, 0.1) is 0 Å². The fraction of sp³-hybridized carbons (Fsp3) is 0.231. The molecule has 0 bridgehead atoms. The summed E-state index contributed by atoms with van der Waals surface area (Å²) in [6, 6.07) is 9.92. The van der Waals surface area contributed by atoms with Gasteiger partial charge in [0, 0.05) is 20.6 Å². The molecule has 2 aromatic rings. The molecule has 0 radical (unpaired) electrons. The zero-order chi connectivity index (χ0) is 13.1. The highest BCUT2D eigenvalue weighted by molar-refractivity contribution is 6.33. The van der Waals surface area contributed by atoms with E-state index in [0.29, 0.717) is 17.3 Å². The minimum atomic E-state index is -0.194. The Bertz CT molecular complexity index is 595. The maximum absolute atomic E-state index is 12.0. The first-order valence-electron chi connectivity index (χ1n) is 5.56. The molecule has 0 N–H and O–H groups in total. The molecule has 0 aliphatic heterocycles. The number of hydrogen-bond acceptors (Lipinski definition) is 3. The minimum absolute atomic E-state index is 0.194. The van der Waals surface area contributed by atoms with Gasteiger partial charge < -0.3 is 4.90 Å². The van der Waals surface area contributed by atoms with Gasteiger partial charge in [-0.05, 0) is 5.56 Å². The molecule has 4 nitrogen and oxygen atoms in total. The number of nitrogens with zero attached hydrogens (tertiary/aromatic N) is 3. The number of anilines is 1. The molecule has 94 valence electrons. The van der Waals surface area contributed by atoms with E-state index >= 15 is 0 Å². The van der Waals surface area contributed by atoms with Gasteiger partial charge in [-0.3, -0.25) is 4.79 Å². The van der Waals surface area contributed by atoms with Crippen LogP contribution in [0.15, 0.2) is 41.3 Å². The van der Waals surface area contributed by atoms with Gasteiger partial charge in [-0.15, -0.1) is 0 Å². The van der Waals surface area contributed by atoms with Crippen molar-refractivity contribution in [1.82, 2.24) is 9.78 Å². The Labute approximate surface area is 110 Å². The number of hydrogen-bond donors (Lipinski definition) is 0. The highest BCUT2D eigenvalue weighted by Crippen LogP contribution is 2.20. The third kappa shape index (κ3) is 2.54. The standard InChI is InChI=1S/C13H14ClN3O/c1-16(9-10-6-4-3-5-7-10)12-11(14)8-15-17(2)13(12)18/h3-8H,9H2,1-2H3. The zero-order valence-corrected chi connectivity index (χ0v) is 11.1. The van der Waals surface area contributed by atoms with Gasteiger partial charge in [0.1, 0.15) is 5.69 Å². The van der Waals surface area contributed by atoms with E-state index in [-0.39, 0.29) is 5.56 Å². The summed E-state index contributed by atoms with van der Waals surface area (Å²) in [4.78, 5) is 13.8. The molecule has 0 unspecified atom stereocenters. The maximum Gasteiger partial charge on any atom is 0.291 e. The molecule has 1 aromatic carbocycles. The number of rotatable bonds is 3. The Morgan fingerprint density at radius 1 is 1.33 bits per heavy atom. The van der Waals surface area contributed by atoms with Crippen molar-refractivity contribution in [2.45, 2.75) is 6.54 Å². The van der Waals surface area contributed by atoms with Crippen LogP contribution in [0.4, 0.5) is 5.69 Å². The van der Waals surface area contributed by atoms with E-state index in [4.69, 9.17) is 11.6 Å². The van der Waals surface area contributed by atoms with E-state index < -0.39 is 0 Å². The Morgan fingerprint density at radius 3 is 2.67 bits per heavy atom. The van der Waals surface area contributed by atoms with E-state index in [1.54, 1.807) is 7.05 Å². The molecule has 0 fully saturated rings. The summed E-state index contributed by atoms with van der Waals surface area (Å²) in [6.45, 7) is 0.625. The largest absolute Gasteiger partial charge is 0.364 e. The van der Waals surface area contributed by atoms with Gasteiger partial charge in [-0.2, -0.15) is 5.10 Å². The van der Waals surface area contributed by atoms with Crippen molar-refractivity contribution < 1.29 is 0 Å². The van der Waals surface area contributed by atoms with E-state index in [2.05, 4.69) is 5.10 Å². The van der Waals surface area contributed by atoms with Gasteiger partial charge in [0.05, 0.1) is 11.2 Å². The molecule has 18 heavy (non-hydrogen) atoms. The molecule has 0 saturated carbocycles. The van der Waals surface area contributed by atoms with Crippen molar-refractivity contribution in [2.24, 2.45) is 7.05 Å². The Kier molecular flexibility index (Phi) is 3.67. The quantitative estimate of drug-likeness (QED) is 0.851. The van der Waals surface area contributed by atoms with Crippen LogP contribution in [-0.4, -0.2) is 16.8 Å². The highest BCUT2D eigenvalue weighted by Gasteiger charge is 2.13. The summed E-state index contributed by atoms with van der Waals surface area (Å²) in [5, 5.41) is 4.25. The first-order chi connectivity index (χ1) is 8.59. The topological polar surface area (TPSA) is 38.1 Å². The molecule has 0 spiro atoms. The first kappa shape index (κ1) is 12.6. The zero-order valence-electron chi connectivity index (χ0n) is 10.3. The van der Waals surface area contributed by atoms with Crippen LogP contribution >= 0.6 is 11.6 Å². The lowest BCUT2D eigenvalue weighted by Crippen LogP contribution is -2.29. The second kappa shape index (κ2) is 5.23. The molecular formula is C13H14ClN3O. The van der Waals surface area contributed by atoms with Gasteiger partial charge in [0.25, 0.3) is 5.56 Å². The third-order valence-corrected chi connectivity index (χ3v) is 2.99. The van der Waals surface area contributed by atoms with Gasteiger partial charge in [-0.1, -0.05) is 41.9 Å². The summed E-state index contributed by atoms with van der Waals surface area (Å²) >= 11 is 6.05. The second-order valence-corrected chi connectivity index (χ2v) is 4.52. The number of aromatic nitrogens is 2. The van der Waals surface area contributed by atoms with Crippen molar-refractivity contribution in [1.29, 1.82) is 0 Å². The van der Waals surface area contributed by atoms with Crippen LogP contribution in [0.2, 0.25) is 5.02 Å². The summed E-state index contributed by atoms with van der Waals surface area (Å²) < 4.78 is 1.28. The summed E-state index contributed by atoms with van der Waals surface area (Å²) in [6.07, 6.45) is 1.49. The molecule has 1 aromatic heterocycles. The van der Waals surface area contributed by atoms with Gasteiger partial charge >= 0.3 is 0 Å². The van der Waals surface area contributed by atoms with E-state index in [1.807, 2.05) is 42.3 Å². The van der Waals surface area contributed by atoms with Crippen LogP contribution < -0.4 is 10.5 Å². The summed E-state index contributed by atoms with van der Waals surface area (Å²) in [5.41, 5.74) is 1.40. The molecule has 0 amide bonds. The Balaban J connectivity index is 2.32. The Hall–Kier alpha value is -1.81. The van der Waals surface area contributed by atoms with Crippen molar-refractivity contribution >= 4 is 17.3 Å². The van der Waals surface area contributed by atoms with Gasteiger partial charge in [0.15, 0.2) is 0 Å². The van der Waals surface area contributed by atoms with E-state index in [1.165, 1.54) is 10.9 Å². The fourth-order valence-corrected chi connectivity index (χ4v) is 2.06. The number of aryl methyl sites for hydroxylation is 1. The lowest BCUT2D eigenvalue weighted by Gasteiger charge is -2.19. The van der Waals surface area contributed by atoms with Gasteiger partial charge in [-0.25, -0.2) is 4.68 Å². The van der Waals surface area contributed by atoms with E-state index in [9.17, 15) is 4.79 Å². The second-order valence-electron chi connectivity index (χ2n) is 4.11. The maximum atomic E-state index is 12.0. The first-order valence-corrected chi connectivity index (χ1v) is 5.94. The molecule has 1 heterocycles. The molecule has 0 saturated heterocycles.